The number of carbonyl (C=O) groups is 2. The Balaban J connectivity index is 1.39. The van der Waals surface area contributed by atoms with E-state index in [2.05, 4.69) is 32.3 Å². The van der Waals surface area contributed by atoms with Crippen molar-refractivity contribution in [2.24, 2.45) is 0 Å². The molecule has 0 aliphatic carbocycles. The summed E-state index contributed by atoms with van der Waals surface area (Å²) in [5.41, 5.74) is 0.229. The van der Waals surface area contributed by atoms with Gasteiger partial charge in [0.1, 0.15) is 18.4 Å². The van der Waals surface area contributed by atoms with Crippen LogP contribution in [0.25, 0.3) is 33.5 Å². The second-order valence-corrected chi connectivity index (χ2v) is 10.5. The Morgan fingerprint density at radius 3 is 2.54 bits per heavy atom. The minimum atomic E-state index is -4.72. The molecule has 236 valence electrons. The Labute approximate surface area is 260 Å². The molecule has 3 aromatic carbocycles. The van der Waals surface area contributed by atoms with E-state index >= 15 is 0 Å². The number of amides is 2. The molecule has 0 unspecified atom stereocenters. The van der Waals surface area contributed by atoms with Crippen LogP contribution in [0.2, 0.25) is 0 Å². The van der Waals surface area contributed by atoms with Gasteiger partial charge < -0.3 is 25.0 Å². The van der Waals surface area contributed by atoms with E-state index in [0.717, 1.165) is 5.56 Å². The topological polar surface area (TPSA) is 123 Å². The molecule has 0 spiro atoms. The summed E-state index contributed by atoms with van der Waals surface area (Å²) in [5.74, 6) is 0.369. The summed E-state index contributed by atoms with van der Waals surface area (Å²) in [6.07, 6.45) is -5.35. The van der Waals surface area contributed by atoms with Crippen molar-refractivity contribution in [3.63, 3.8) is 0 Å². The summed E-state index contributed by atoms with van der Waals surface area (Å²) in [7, 11) is 1.54. The van der Waals surface area contributed by atoms with Gasteiger partial charge in [0.2, 0.25) is 11.9 Å². The molecule has 5 aromatic rings. The number of nitrogens with zero attached hydrogens (tertiary/aromatic N) is 5. The summed E-state index contributed by atoms with van der Waals surface area (Å²) in [6.45, 7) is 3.55. The van der Waals surface area contributed by atoms with Gasteiger partial charge in [0.05, 0.1) is 24.7 Å². The fourth-order valence-electron chi connectivity index (χ4n) is 5.06. The molecule has 11 nitrogen and oxygen atoms in total. The fourth-order valence-corrected chi connectivity index (χ4v) is 5.06. The van der Waals surface area contributed by atoms with Gasteiger partial charge in [-0.15, -0.1) is 5.10 Å². The van der Waals surface area contributed by atoms with Gasteiger partial charge in [0.15, 0.2) is 11.5 Å². The minimum Gasteiger partial charge on any atom is -0.497 e. The molecule has 46 heavy (non-hydrogen) atoms. The highest BCUT2D eigenvalue weighted by Gasteiger charge is 2.35. The van der Waals surface area contributed by atoms with E-state index in [-0.39, 0.29) is 60.1 Å². The molecule has 1 aliphatic rings. The number of ether oxygens (including phenoxy) is 2. The van der Waals surface area contributed by atoms with Crippen molar-refractivity contribution < 1.29 is 32.2 Å². The number of nitrogens with one attached hydrogen (secondary N) is 2. The average molecular weight is 632 g/mol. The van der Waals surface area contributed by atoms with Crippen LogP contribution < -0.4 is 15.4 Å². The number of anilines is 1. The van der Waals surface area contributed by atoms with Crippen molar-refractivity contribution in [1.82, 2.24) is 29.8 Å². The first-order chi connectivity index (χ1) is 22.1. The van der Waals surface area contributed by atoms with Crippen LogP contribution in [0.3, 0.4) is 0 Å². The molecule has 1 atom stereocenters. The average Bonchev–Trinajstić information content (AvgIpc) is 3.43. The molecule has 2 aromatic heterocycles. The van der Waals surface area contributed by atoms with E-state index < -0.39 is 29.8 Å². The zero-order valence-electron chi connectivity index (χ0n) is 24.5. The molecule has 1 aliphatic heterocycles. The summed E-state index contributed by atoms with van der Waals surface area (Å²) < 4.78 is 53.5. The maximum Gasteiger partial charge on any atom is 0.416 e. The standard InChI is InChI=1S/C32H28F3N7O4/c1-19(32(33,34)35)23-9-6-10-24-26(23)38-30(42-28(24)39-27(40-42)21-11-13-22(45-2)14-12-21)37-25-17-41(16-15-36-29(25)43)31(44)46-18-20-7-4-3-5-8-20/h3-14,25H,1,15-18H2,2H3,(H,36,43)(H,37,38)/t25-/m1/s1. The van der Waals surface area contributed by atoms with E-state index in [4.69, 9.17) is 9.47 Å². The zero-order valence-corrected chi connectivity index (χ0v) is 24.5. The predicted molar refractivity (Wildman–Crippen MR) is 164 cm³/mol. The number of methoxy groups -OCH3 is 1. The van der Waals surface area contributed by atoms with Crippen LogP contribution in [0.4, 0.5) is 23.9 Å². The highest BCUT2D eigenvalue weighted by Crippen LogP contribution is 2.37. The molecule has 1 saturated heterocycles. The van der Waals surface area contributed by atoms with E-state index in [0.29, 0.717) is 11.3 Å². The summed E-state index contributed by atoms with van der Waals surface area (Å²) in [6, 6.07) is 19.3. The van der Waals surface area contributed by atoms with Crippen molar-refractivity contribution in [1.29, 1.82) is 0 Å². The van der Waals surface area contributed by atoms with Gasteiger partial charge >= 0.3 is 12.3 Å². The highest BCUT2D eigenvalue weighted by atomic mass is 19.4. The summed E-state index contributed by atoms with van der Waals surface area (Å²) in [4.78, 5) is 36.7. The molecule has 0 radical (unpaired) electrons. The number of rotatable bonds is 7. The number of fused-ring (bicyclic) bond motifs is 3. The van der Waals surface area contributed by atoms with Crippen LogP contribution in [0.15, 0.2) is 79.4 Å². The van der Waals surface area contributed by atoms with Crippen molar-refractivity contribution in [3.05, 3.63) is 90.5 Å². The van der Waals surface area contributed by atoms with Crippen LogP contribution in [-0.2, 0) is 16.1 Å². The fraction of sp³-hybridized carbons (Fsp3) is 0.219. The Kier molecular flexibility index (Phi) is 8.17. The molecular formula is C32H28F3N7O4. The SMILES string of the molecule is C=C(c1cccc2c1nc(N[C@@H]1CN(C(=O)OCc3ccccc3)CCNC1=O)n1nc(-c3ccc(OC)cc3)nc21)C(F)(F)F. The number of hydrogen-bond acceptors (Lipinski definition) is 8. The van der Waals surface area contributed by atoms with Gasteiger partial charge in [0.25, 0.3) is 0 Å². The maximum atomic E-state index is 13.8. The van der Waals surface area contributed by atoms with E-state index in [1.807, 2.05) is 30.3 Å². The monoisotopic (exact) mass is 631 g/mol. The molecular weight excluding hydrogens is 603 g/mol. The lowest BCUT2D eigenvalue weighted by molar-refractivity contribution is -0.121. The van der Waals surface area contributed by atoms with E-state index in [9.17, 15) is 22.8 Å². The van der Waals surface area contributed by atoms with E-state index in [1.165, 1.54) is 28.7 Å². The molecule has 1 fully saturated rings. The lowest BCUT2D eigenvalue weighted by atomic mass is 10.0. The normalized spacial score (nSPS) is 15.3. The van der Waals surface area contributed by atoms with Crippen molar-refractivity contribution in [2.45, 2.75) is 18.8 Å². The number of allylic oxidation sites excluding steroid dienone is 1. The Hall–Kier alpha value is -5.66. The second-order valence-electron chi connectivity index (χ2n) is 10.5. The highest BCUT2D eigenvalue weighted by molar-refractivity contribution is 6.00. The summed E-state index contributed by atoms with van der Waals surface area (Å²) in [5, 5.41) is 10.7. The zero-order chi connectivity index (χ0) is 32.4. The molecule has 2 N–H and O–H groups in total. The van der Waals surface area contributed by atoms with Crippen LogP contribution in [0.5, 0.6) is 5.75 Å². The third-order valence-corrected chi connectivity index (χ3v) is 7.48. The Morgan fingerprint density at radius 1 is 1.07 bits per heavy atom. The molecule has 6 rings (SSSR count). The molecule has 2 amide bonds. The number of aromatic nitrogens is 4. The van der Waals surface area contributed by atoms with Crippen molar-refractivity contribution in [3.8, 4) is 17.1 Å². The first-order valence-electron chi connectivity index (χ1n) is 14.2. The van der Waals surface area contributed by atoms with Gasteiger partial charge in [0, 0.05) is 29.6 Å². The van der Waals surface area contributed by atoms with Gasteiger partial charge in [-0.25, -0.2) is 14.8 Å². The van der Waals surface area contributed by atoms with Gasteiger partial charge in [-0.3, -0.25) is 4.79 Å². The number of hydrogen-bond donors (Lipinski definition) is 2. The minimum absolute atomic E-state index is 0.0401. The Bertz CT molecular complexity index is 1930. The number of alkyl halides is 3. The Morgan fingerprint density at radius 2 is 1.83 bits per heavy atom. The number of halogens is 3. The lowest BCUT2D eigenvalue weighted by Crippen LogP contribution is -2.44. The third-order valence-electron chi connectivity index (χ3n) is 7.48. The molecule has 3 heterocycles. The number of carbonyl (C=O) groups excluding carboxylic acids is 2. The summed E-state index contributed by atoms with van der Waals surface area (Å²) >= 11 is 0. The van der Waals surface area contributed by atoms with Crippen LogP contribution in [0, 0.1) is 0 Å². The van der Waals surface area contributed by atoms with Gasteiger partial charge in [-0.2, -0.15) is 17.7 Å². The third kappa shape index (κ3) is 6.14. The van der Waals surface area contributed by atoms with Crippen LogP contribution in [-0.4, -0.2) is 75.4 Å². The van der Waals surface area contributed by atoms with Crippen LogP contribution in [0.1, 0.15) is 11.1 Å². The second kappa shape index (κ2) is 12.4. The number of benzene rings is 3. The van der Waals surface area contributed by atoms with Crippen molar-refractivity contribution in [2.75, 3.05) is 32.1 Å². The molecule has 14 heteroatoms. The maximum absolute atomic E-state index is 13.8. The predicted octanol–water partition coefficient (Wildman–Crippen LogP) is 5.08. The first kappa shape index (κ1) is 30.4. The molecule has 0 bridgehead atoms. The largest absolute Gasteiger partial charge is 0.497 e. The van der Waals surface area contributed by atoms with Gasteiger partial charge in [-0.1, -0.05) is 49.0 Å². The van der Waals surface area contributed by atoms with Crippen molar-refractivity contribution >= 4 is 40.1 Å². The lowest BCUT2D eigenvalue weighted by Gasteiger charge is -2.23. The van der Waals surface area contributed by atoms with Crippen LogP contribution >= 0.6 is 0 Å². The quantitative estimate of drug-likeness (QED) is 0.255. The first-order valence-corrected chi connectivity index (χ1v) is 14.2. The molecule has 0 saturated carbocycles. The number of para-hydroxylation sites is 1. The van der Waals surface area contributed by atoms with Gasteiger partial charge in [-0.05, 0) is 35.9 Å². The smallest absolute Gasteiger partial charge is 0.416 e. The van der Waals surface area contributed by atoms with E-state index in [1.54, 1.807) is 30.3 Å².